The van der Waals surface area contributed by atoms with Crippen LogP contribution in [-0.2, 0) is 40.1 Å². The van der Waals surface area contributed by atoms with Gasteiger partial charge in [0.25, 0.3) is 5.91 Å². The Morgan fingerprint density at radius 1 is 0.957 bits per heavy atom. The van der Waals surface area contributed by atoms with Crippen molar-refractivity contribution in [3.63, 3.8) is 0 Å². The van der Waals surface area contributed by atoms with Crippen molar-refractivity contribution in [2.75, 3.05) is 19.9 Å². The number of esters is 1. The number of hydrogen-bond acceptors (Lipinski definition) is 7. The van der Waals surface area contributed by atoms with Gasteiger partial charge in [0.1, 0.15) is 18.2 Å². The van der Waals surface area contributed by atoms with Gasteiger partial charge < -0.3 is 19.7 Å². The van der Waals surface area contributed by atoms with Gasteiger partial charge in [-0.1, -0.05) is 72.9 Å². The summed E-state index contributed by atoms with van der Waals surface area (Å²) in [4.78, 5) is 41.8. The fourth-order valence-corrected chi connectivity index (χ4v) is 6.45. The van der Waals surface area contributed by atoms with Crippen LogP contribution in [0.15, 0.2) is 77.7 Å². The van der Waals surface area contributed by atoms with E-state index in [4.69, 9.17) is 32.7 Å². The van der Waals surface area contributed by atoms with E-state index in [1.54, 1.807) is 41.3 Å². The molecule has 46 heavy (non-hydrogen) atoms. The first kappa shape index (κ1) is 35.4. The highest BCUT2D eigenvalue weighted by Gasteiger charge is 2.48. The minimum Gasteiger partial charge on any atom is -0.469 e. The second-order valence-electron chi connectivity index (χ2n) is 11.2. The zero-order valence-electron chi connectivity index (χ0n) is 25.9. The van der Waals surface area contributed by atoms with Gasteiger partial charge in [0.15, 0.2) is 9.84 Å². The molecule has 1 aliphatic heterocycles. The van der Waals surface area contributed by atoms with Gasteiger partial charge in [-0.2, -0.15) is 0 Å². The lowest BCUT2D eigenvalue weighted by Crippen LogP contribution is -2.59. The Labute approximate surface area is 280 Å². The molecule has 4 rings (SSSR count). The van der Waals surface area contributed by atoms with Crippen LogP contribution in [0.25, 0.3) is 0 Å². The average Bonchev–Trinajstić information content (AvgIpc) is 3.03. The van der Waals surface area contributed by atoms with Gasteiger partial charge in [-0.05, 0) is 65.9 Å². The van der Waals surface area contributed by atoms with Crippen molar-refractivity contribution in [3.8, 4) is 0 Å². The number of rotatable bonds is 13. The first-order valence-corrected chi connectivity index (χ1v) is 17.7. The molecule has 3 aromatic rings. The summed E-state index contributed by atoms with van der Waals surface area (Å²) >= 11 is 12.5. The maximum absolute atomic E-state index is 14.5. The summed E-state index contributed by atoms with van der Waals surface area (Å²) in [5.41, 5.74) is 2.19. The predicted molar refractivity (Wildman–Crippen MR) is 176 cm³/mol. The monoisotopic (exact) mass is 688 g/mol. The van der Waals surface area contributed by atoms with Crippen molar-refractivity contribution in [3.05, 3.63) is 99.5 Å². The lowest BCUT2D eigenvalue weighted by molar-refractivity contribution is -0.181. The second-order valence-corrected chi connectivity index (χ2v) is 14.1. The van der Waals surface area contributed by atoms with E-state index in [1.807, 2.05) is 31.2 Å². The molecule has 0 aromatic heterocycles. The minimum atomic E-state index is -3.40. The molecule has 1 heterocycles. The van der Waals surface area contributed by atoms with Crippen molar-refractivity contribution < 1.29 is 32.3 Å². The zero-order valence-corrected chi connectivity index (χ0v) is 28.3. The predicted octanol–water partition coefficient (Wildman–Crippen LogP) is 5.89. The molecule has 0 unspecified atom stereocenters. The average molecular weight is 690 g/mol. The molecule has 246 valence electrons. The molecule has 2 amide bonds. The number of hydrogen-bond donors (Lipinski definition) is 1. The van der Waals surface area contributed by atoms with Crippen LogP contribution in [0.3, 0.4) is 0 Å². The molecule has 1 N–H and O–H groups in total. The van der Waals surface area contributed by atoms with Gasteiger partial charge in [-0.25, -0.2) is 8.42 Å². The number of benzene rings is 3. The standard InChI is InChI=1S/C34H38Cl2N2O7S/c1-4-6-28(33(40)37-20-5-7-30(39)44-2)38-31(23-10-14-25(35)15-11-23)32(24-12-16-26(36)17-13-24)45-29(34(38)41)21-22-8-18-27(19-9-22)46(3,42)43/h8-19,28-29,31-32H,4-7,20-21H2,1-3H3,(H,37,40)/t28-,29+,31-,32+/m1/s1. The first-order chi connectivity index (χ1) is 21.9. The highest BCUT2D eigenvalue weighted by Crippen LogP contribution is 2.44. The van der Waals surface area contributed by atoms with E-state index in [-0.39, 0.29) is 42.1 Å². The normalized spacial score (nSPS) is 19.0. The Bertz CT molecular complexity index is 1610. The third-order valence-electron chi connectivity index (χ3n) is 7.90. The Morgan fingerprint density at radius 3 is 2.09 bits per heavy atom. The van der Waals surface area contributed by atoms with Crippen LogP contribution in [0.2, 0.25) is 10.0 Å². The van der Waals surface area contributed by atoms with Crippen molar-refractivity contribution in [1.29, 1.82) is 0 Å². The molecular formula is C34H38Cl2N2O7S. The molecule has 4 atom stereocenters. The van der Waals surface area contributed by atoms with Crippen LogP contribution in [0.4, 0.5) is 0 Å². The van der Waals surface area contributed by atoms with E-state index < -0.39 is 34.1 Å². The van der Waals surface area contributed by atoms with E-state index in [2.05, 4.69) is 5.32 Å². The second kappa shape index (κ2) is 15.9. The molecule has 0 aliphatic carbocycles. The smallest absolute Gasteiger partial charge is 0.305 e. The van der Waals surface area contributed by atoms with Crippen LogP contribution in [0, 0.1) is 0 Å². The minimum absolute atomic E-state index is 0.149. The lowest BCUT2D eigenvalue weighted by atomic mass is 9.88. The van der Waals surface area contributed by atoms with Gasteiger partial charge in [-0.3, -0.25) is 14.4 Å². The molecule has 9 nitrogen and oxygen atoms in total. The molecule has 3 aromatic carbocycles. The third-order valence-corrected chi connectivity index (χ3v) is 9.53. The molecule has 0 radical (unpaired) electrons. The highest BCUT2D eigenvalue weighted by molar-refractivity contribution is 7.90. The van der Waals surface area contributed by atoms with Crippen molar-refractivity contribution >= 4 is 50.8 Å². The Morgan fingerprint density at radius 2 is 1.54 bits per heavy atom. The molecule has 1 saturated heterocycles. The fraction of sp³-hybridized carbons (Fsp3) is 0.382. The number of halogens is 2. The molecule has 0 spiro atoms. The summed E-state index contributed by atoms with van der Waals surface area (Å²) in [6, 6.07) is 19.1. The number of amides is 2. The van der Waals surface area contributed by atoms with Crippen LogP contribution in [-0.4, -0.2) is 63.2 Å². The molecular weight excluding hydrogens is 651 g/mol. The number of sulfone groups is 1. The number of ether oxygens (including phenoxy) is 2. The summed E-state index contributed by atoms with van der Waals surface area (Å²) in [6.45, 7) is 2.17. The molecule has 1 fully saturated rings. The van der Waals surface area contributed by atoms with Crippen molar-refractivity contribution in [2.45, 2.75) is 68.2 Å². The number of methoxy groups -OCH3 is 1. The molecule has 12 heteroatoms. The van der Waals surface area contributed by atoms with E-state index >= 15 is 0 Å². The maximum Gasteiger partial charge on any atom is 0.305 e. The molecule has 0 bridgehead atoms. The van der Waals surface area contributed by atoms with Gasteiger partial charge in [0, 0.05) is 35.7 Å². The number of carbonyl (C=O) groups is 3. The Kier molecular flexibility index (Phi) is 12.2. The summed E-state index contributed by atoms with van der Waals surface area (Å²) in [5.74, 6) is -1.09. The van der Waals surface area contributed by atoms with Crippen LogP contribution >= 0.6 is 23.2 Å². The zero-order chi connectivity index (χ0) is 33.4. The summed E-state index contributed by atoms with van der Waals surface area (Å²) < 4.78 is 35.4. The number of nitrogens with one attached hydrogen (secondary N) is 1. The van der Waals surface area contributed by atoms with Crippen molar-refractivity contribution in [1.82, 2.24) is 10.2 Å². The van der Waals surface area contributed by atoms with E-state index in [1.165, 1.54) is 19.2 Å². The van der Waals surface area contributed by atoms with Gasteiger partial charge in [-0.15, -0.1) is 0 Å². The van der Waals surface area contributed by atoms with Crippen LogP contribution in [0.1, 0.15) is 61.4 Å². The SMILES string of the molecule is CCC[C@H](C(=O)NCCCC(=O)OC)N1C(=O)[C@H](Cc2ccc(S(C)(=O)=O)cc2)O[C@@H](c2ccc(Cl)cc2)[C@H]1c1ccc(Cl)cc1. The quantitative estimate of drug-likeness (QED) is 0.176. The topological polar surface area (TPSA) is 119 Å². The van der Waals surface area contributed by atoms with Gasteiger partial charge in [0.2, 0.25) is 5.91 Å². The molecule has 0 saturated carbocycles. The van der Waals surface area contributed by atoms with Crippen molar-refractivity contribution in [2.24, 2.45) is 0 Å². The summed E-state index contributed by atoms with van der Waals surface area (Å²) in [7, 11) is -2.09. The molecule has 1 aliphatic rings. The fourth-order valence-electron chi connectivity index (χ4n) is 5.57. The highest BCUT2D eigenvalue weighted by atomic mass is 35.5. The number of carbonyl (C=O) groups excluding carboxylic acids is 3. The number of nitrogens with zero attached hydrogens (tertiary/aromatic N) is 1. The summed E-state index contributed by atoms with van der Waals surface area (Å²) in [5, 5.41) is 3.97. The summed E-state index contributed by atoms with van der Waals surface area (Å²) in [6.07, 6.45) is 1.13. The first-order valence-electron chi connectivity index (χ1n) is 15.0. The Hall–Kier alpha value is -3.44. The number of morpholine rings is 1. The largest absolute Gasteiger partial charge is 0.469 e. The Balaban J connectivity index is 1.77. The van der Waals surface area contributed by atoms with Gasteiger partial charge in [0.05, 0.1) is 18.0 Å². The van der Waals surface area contributed by atoms with Crippen LogP contribution < -0.4 is 5.32 Å². The van der Waals surface area contributed by atoms with Crippen LogP contribution in [0.5, 0.6) is 0 Å². The maximum atomic E-state index is 14.5. The third kappa shape index (κ3) is 8.88. The lowest BCUT2D eigenvalue weighted by Gasteiger charge is -2.47. The van der Waals surface area contributed by atoms with E-state index in [9.17, 15) is 22.8 Å². The van der Waals surface area contributed by atoms with E-state index in [0.29, 0.717) is 34.9 Å². The van der Waals surface area contributed by atoms with E-state index in [0.717, 1.165) is 17.4 Å². The van der Waals surface area contributed by atoms with Gasteiger partial charge >= 0.3 is 5.97 Å².